The normalized spacial score (nSPS) is 45.2. The number of hydroxylamine groups is 1. The van der Waals surface area contributed by atoms with Gasteiger partial charge in [-0.05, 0) is 68.0 Å². The number of anilines is 1. The van der Waals surface area contributed by atoms with Gasteiger partial charge in [0.15, 0.2) is 17.1 Å². The van der Waals surface area contributed by atoms with Gasteiger partial charge >= 0.3 is 0 Å². The molecule has 4 aliphatic carbocycles. The van der Waals surface area contributed by atoms with Crippen molar-refractivity contribution in [3.63, 3.8) is 0 Å². The molecule has 6 rings (SSSR count). The van der Waals surface area contributed by atoms with Crippen molar-refractivity contribution in [2.45, 2.75) is 56.7 Å². The molecule has 5 nitrogen and oxygen atoms in total. The molecular weight excluding hydrogens is 522 g/mol. The summed E-state index contributed by atoms with van der Waals surface area (Å²) in [6, 6.07) is 4.70. The summed E-state index contributed by atoms with van der Waals surface area (Å²) in [4.78, 5) is 32.1. The Kier molecular flexibility index (Phi) is 5.77. The minimum absolute atomic E-state index is 0.0249. The molecular formula is C28H29F4NO4S. The van der Waals surface area contributed by atoms with E-state index in [1.807, 2.05) is 0 Å². The summed E-state index contributed by atoms with van der Waals surface area (Å²) in [5, 5.41) is 12.4. The van der Waals surface area contributed by atoms with Gasteiger partial charge in [-0.25, -0.2) is 17.6 Å². The van der Waals surface area contributed by atoms with Crippen LogP contribution in [0.1, 0.15) is 33.1 Å². The predicted octanol–water partition coefficient (Wildman–Crippen LogP) is 5.05. The molecule has 0 radical (unpaired) electrons. The Bertz CT molecular complexity index is 1270. The molecule has 1 heterocycles. The van der Waals surface area contributed by atoms with E-state index in [2.05, 4.69) is 0 Å². The minimum Gasteiger partial charge on any atom is -0.390 e. The summed E-state index contributed by atoms with van der Waals surface area (Å²) in [5.74, 6) is -2.99. The highest BCUT2D eigenvalue weighted by Crippen LogP contribution is 2.73. The number of benzene rings is 1. The molecule has 0 unspecified atom stereocenters. The van der Waals surface area contributed by atoms with E-state index in [4.69, 9.17) is 4.84 Å². The zero-order valence-electron chi connectivity index (χ0n) is 21.0. The number of hydrogen-bond acceptors (Lipinski definition) is 6. The van der Waals surface area contributed by atoms with Crippen LogP contribution in [0.15, 0.2) is 48.1 Å². The zero-order valence-corrected chi connectivity index (χ0v) is 21.8. The summed E-state index contributed by atoms with van der Waals surface area (Å²) in [7, 11) is 0. The van der Waals surface area contributed by atoms with Gasteiger partial charge < -0.3 is 5.11 Å². The summed E-state index contributed by atoms with van der Waals surface area (Å²) >= 11 is 0.460. The van der Waals surface area contributed by atoms with Gasteiger partial charge in [0.2, 0.25) is 5.12 Å². The lowest BCUT2D eigenvalue weighted by atomic mass is 9.44. The van der Waals surface area contributed by atoms with Crippen LogP contribution in [0.2, 0.25) is 0 Å². The van der Waals surface area contributed by atoms with E-state index < -0.39 is 74.9 Å². The molecule has 1 saturated heterocycles. The fourth-order valence-corrected chi connectivity index (χ4v) is 9.28. The molecule has 0 amide bonds. The second-order valence-corrected chi connectivity index (χ2v) is 12.6. The van der Waals surface area contributed by atoms with E-state index in [0.717, 1.165) is 6.08 Å². The number of ketones is 1. The van der Waals surface area contributed by atoms with Gasteiger partial charge in [0.25, 0.3) is 0 Å². The molecule has 4 fully saturated rings. The minimum atomic E-state index is -2.29. The number of carbonyl (C=O) groups is 2. The first-order valence-corrected chi connectivity index (χ1v) is 13.8. The Morgan fingerprint density at radius 2 is 2.03 bits per heavy atom. The molecule has 38 heavy (non-hydrogen) atoms. The maximum Gasteiger partial charge on any atom is 0.226 e. The number of aliphatic hydroxyl groups excluding tert-OH is 1. The topological polar surface area (TPSA) is 66.8 Å². The van der Waals surface area contributed by atoms with Crippen molar-refractivity contribution in [1.82, 2.24) is 0 Å². The molecule has 9 atom stereocenters. The van der Waals surface area contributed by atoms with Crippen LogP contribution in [0, 0.1) is 34.4 Å². The number of allylic oxidation sites excluding steroid dienone is 4. The SMILES string of the molecule is C[C@]12C=CC(=O)C=C1[C@@H](F)C[C@H]1[C@@H]3C[C@H]4CN(c5cccc(F)c5)O[C@@]4(C(=O)SCF)[C@@]3(C)C[C@H](O)[C@@]12F. The number of carbonyl (C=O) groups excluding carboxylic acids is 2. The summed E-state index contributed by atoms with van der Waals surface area (Å²) in [5.41, 5.74) is -6.21. The van der Waals surface area contributed by atoms with Crippen LogP contribution in [0.5, 0.6) is 0 Å². The van der Waals surface area contributed by atoms with E-state index in [0.29, 0.717) is 17.4 Å². The molecule has 10 heteroatoms. The third kappa shape index (κ3) is 3.08. The van der Waals surface area contributed by atoms with Crippen molar-refractivity contribution >= 4 is 28.3 Å². The monoisotopic (exact) mass is 551 g/mol. The zero-order chi connectivity index (χ0) is 27.3. The average Bonchev–Trinajstić information content (AvgIpc) is 3.36. The first-order valence-electron chi connectivity index (χ1n) is 12.8. The molecule has 0 bridgehead atoms. The Labute approximate surface area is 222 Å². The third-order valence-corrected chi connectivity index (χ3v) is 10.9. The second-order valence-electron chi connectivity index (χ2n) is 11.7. The Morgan fingerprint density at radius 1 is 1.26 bits per heavy atom. The highest BCUT2D eigenvalue weighted by atomic mass is 32.2. The maximum absolute atomic E-state index is 17.4. The van der Waals surface area contributed by atoms with E-state index in [-0.39, 0.29) is 31.4 Å². The molecule has 5 aliphatic rings. The predicted molar refractivity (Wildman–Crippen MR) is 134 cm³/mol. The van der Waals surface area contributed by atoms with Gasteiger partial charge in [-0.1, -0.05) is 30.8 Å². The van der Waals surface area contributed by atoms with Crippen LogP contribution in [-0.2, 0) is 14.4 Å². The van der Waals surface area contributed by atoms with Crippen LogP contribution < -0.4 is 5.06 Å². The molecule has 1 aliphatic heterocycles. The number of hydrogen-bond donors (Lipinski definition) is 1. The van der Waals surface area contributed by atoms with E-state index >= 15 is 8.78 Å². The van der Waals surface area contributed by atoms with Crippen LogP contribution >= 0.6 is 11.8 Å². The number of fused-ring (bicyclic) bond motifs is 7. The highest BCUT2D eigenvalue weighted by Gasteiger charge is 2.79. The lowest BCUT2D eigenvalue weighted by Gasteiger charge is -2.63. The lowest BCUT2D eigenvalue weighted by Crippen LogP contribution is -2.70. The van der Waals surface area contributed by atoms with E-state index in [1.165, 1.54) is 42.3 Å². The lowest BCUT2D eigenvalue weighted by molar-refractivity contribution is -0.225. The molecule has 0 aromatic heterocycles. The number of thioether (sulfide) groups is 1. The number of alkyl halides is 3. The fraction of sp³-hybridized carbons (Fsp3) is 0.571. The van der Waals surface area contributed by atoms with Crippen molar-refractivity contribution in [3.05, 3.63) is 53.9 Å². The van der Waals surface area contributed by atoms with Crippen LogP contribution in [0.25, 0.3) is 0 Å². The summed E-state index contributed by atoms with van der Waals surface area (Å²) in [6.07, 6.45) is 0.353. The Hall–Kier alpha value is -2.17. The van der Waals surface area contributed by atoms with Crippen molar-refractivity contribution in [2.75, 3.05) is 17.6 Å². The van der Waals surface area contributed by atoms with Gasteiger partial charge in [0, 0.05) is 22.7 Å². The Balaban J connectivity index is 1.45. The molecule has 1 aromatic carbocycles. The standard InChI is InChI=1S/C28H29F4NO4S/c1-25-7-6-18(34)10-21(25)22(31)11-20-19-8-15-13-33(17-5-3-4-16(30)9-17)37-28(15,24(36)38-14-29)26(19,2)12-23(35)27(20,25)32/h3-7,9-10,15,19-20,22-23,35H,8,11-14H2,1-2H3/t15-,19-,20-,22-,23-,25-,26-,27-,28-/m0/s1. The number of rotatable bonds is 3. The molecule has 0 spiro atoms. The van der Waals surface area contributed by atoms with Crippen molar-refractivity contribution in [2.24, 2.45) is 28.6 Å². The average molecular weight is 552 g/mol. The van der Waals surface area contributed by atoms with Gasteiger partial charge in [-0.2, -0.15) is 0 Å². The number of nitrogens with zero attached hydrogens (tertiary/aromatic N) is 1. The fourth-order valence-electron chi connectivity index (χ4n) is 8.53. The molecule has 3 saturated carbocycles. The second kappa shape index (κ2) is 8.41. The largest absolute Gasteiger partial charge is 0.390 e. The Morgan fingerprint density at radius 3 is 2.74 bits per heavy atom. The first kappa shape index (κ1) is 26.1. The van der Waals surface area contributed by atoms with Gasteiger partial charge in [0.1, 0.15) is 18.0 Å². The smallest absolute Gasteiger partial charge is 0.226 e. The van der Waals surface area contributed by atoms with Crippen LogP contribution in [0.3, 0.4) is 0 Å². The van der Waals surface area contributed by atoms with Crippen molar-refractivity contribution < 1.29 is 37.1 Å². The molecule has 204 valence electrons. The molecule has 1 aromatic rings. The molecule has 1 N–H and O–H groups in total. The van der Waals surface area contributed by atoms with Gasteiger partial charge in [-0.15, -0.1) is 0 Å². The van der Waals surface area contributed by atoms with Crippen molar-refractivity contribution in [1.29, 1.82) is 0 Å². The van der Waals surface area contributed by atoms with Crippen LogP contribution in [0.4, 0.5) is 23.2 Å². The first-order chi connectivity index (χ1) is 17.9. The third-order valence-electron chi connectivity index (χ3n) is 10.2. The summed E-state index contributed by atoms with van der Waals surface area (Å²) in [6.45, 7) is 3.43. The highest BCUT2D eigenvalue weighted by molar-refractivity contribution is 8.13. The van der Waals surface area contributed by atoms with Gasteiger partial charge in [0.05, 0.1) is 18.3 Å². The van der Waals surface area contributed by atoms with E-state index in [9.17, 15) is 23.5 Å². The van der Waals surface area contributed by atoms with E-state index in [1.54, 1.807) is 13.0 Å². The summed E-state index contributed by atoms with van der Waals surface area (Å²) < 4.78 is 60.6. The van der Waals surface area contributed by atoms with Crippen molar-refractivity contribution in [3.8, 4) is 0 Å². The quantitative estimate of drug-likeness (QED) is 0.531. The van der Waals surface area contributed by atoms with Crippen LogP contribution in [-0.4, -0.2) is 52.1 Å². The number of aliphatic hydroxyl groups is 1. The number of halogens is 4. The van der Waals surface area contributed by atoms with Gasteiger partial charge in [-0.3, -0.25) is 19.5 Å². The maximum atomic E-state index is 17.4.